The molecule has 3 aromatic heterocycles. The smallest absolute Gasteiger partial charge is 0.272 e. The maximum absolute atomic E-state index is 14.7. The van der Waals surface area contributed by atoms with Gasteiger partial charge in [-0.25, -0.2) is 29.3 Å². The highest BCUT2D eigenvalue weighted by Crippen LogP contribution is 2.28. The number of halogens is 1. The van der Waals surface area contributed by atoms with Gasteiger partial charge in [-0.15, -0.1) is 0 Å². The summed E-state index contributed by atoms with van der Waals surface area (Å²) in [6.07, 6.45) is 6.76. The van der Waals surface area contributed by atoms with Gasteiger partial charge in [-0.05, 0) is 31.0 Å². The summed E-state index contributed by atoms with van der Waals surface area (Å²) in [7, 11) is 1.73. The molecule has 5 heterocycles. The lowest BCUT2D eigenvalue weighted by atomic mass is 10.1. The third kappa shape index (κ3) is 3.57. The summed E-state index contributed by atoms with van der Waals surface area (Å²) in [5.41, 5.74) is 3.47. The Bertz CT molecular complexity index is 1440. The molecule has 2 aliphatic rings. The summed E-state index contributed by atoms with van der Waals surface area (Å²) in [4.78, 5) is 37.7. The predicted octanol–water partition coefficient (Wildman–Crippen LogP) is 3.55. The fraction of sp³-hybridized carbons (Fsp3) is 0.250. The Morgan fingerprint density at radius 2 is 1.82 bits per heavy atom. The quantitative estimate of drug-likeness (QED) is 0.498. The second kappa shape index (κ2) is 7.98. The van der Waals surface area contributed by atoms with Gasteiger partial charge < -0.3 is 15.1 Å². The van der Waals surface area contributed by atoms with Gasteiger partial charge in [0.25, 0.3) is 5.91 Å². The van der Waals surface area contributed by atoms with E-state index in [9.17, 15) is 9.18 Å². The maximum atomic E-state index is 14.7. The number of nitrogens with zero attached hydrogens (tertiary/aromatic N) is 7. The van der Waals surface area contributed by atoms with Crippen LogP contribution in [0.5, 0.6) is 0 Å². The zero-order valence-corrected chi connectivity index (χ0v) is 18.5. The number of hydrogen-bond donors (Lipinski definition) is 1. The molecule has 0 radical (unpaired) electrons. The van der Waals surface area contributed by atoms with E-state index < -0.39 is 5.82 Å². The number of aromatic nitrogens is 5. The van der Waals surface area contributed by atoms with Crippen molar-refractivity contribution >= 4 is 34.4 Å². The number of hydrogen-bond acceptors (Lipinski definition) is 8. The van der Waals surface area contributed by atoms with Crippen molar-refractivity contribution < 1.29 is 9.18 Å². The molecule has 0 aliphatic carbocycles. The summed E-state index contributed by atoms with van der Waals surface area (Å²) in [6.45, 7) is 2.43. The minimum absolute atomic E-state index is 0.102. The SMILES string of the molecule is CN1Cc2cc(Nc3ncc(F)c(-c4ccc5nc(N6CCCC6)ncc5c4)n3)cnc2C1=O. The first kappa shape index (κ1) is 20.4. The molecule has 6 rings (SSSR count). The first-order valence-electron chi connectivity index (χ1n) is 11.1. The Labute approximate surface area is 194 Å². The highest BCUT2D eigenvalue weighted by molar-refractivity contribution is 5.96. The van der Waals surface area contributed by atoms with Gasteiger partial charge >= 0.3 is 0 Å². The molecule has 0 spiro atoms. The molecule has 0 unspecified atom stereocenters. The normalized spacial score (nSPS) is 15.3. The Balaban J connectivity index is 1.29. The van der Waals surface area contributed by atoms with E-state index in [4.69, 9.17) is 0 Å². The molecule has 0 saturated carbocycles. The van der Waals surface area contributed by atoms with Crippen LogP contribution in [0, 0.1) is 5.82 Å². The van der Waals surface area contributed by atoms with E-state index in [1.165, 1.54) is 0 Å². The third-order valence-electron chi connectivity index (χ3n) is 6.15. The average Bonchev–Trinajstić information content (AvgIpc) is 3.48. The van der Waals surface area contributed by atoms with Gasteiger partial charge in [0.1, 0.15) is 11.4 Å². The van der Waals surface area contributed by atoms with E-state index in [0.717, 1.165) is 54.5 Å². The van der Waals surface area contributed by atoms with Gasteiger partial charge in [-0.1, -0.05) is 6.07 Å². The van der Waals surface area contributed by atoms with Gasteiger partial charge in [0.2, 0.25) is 11.9 Å². The third-order valence-corrected chi connectivity index (χ3v) is 6.15. The molecule has 0 atom stereocenters. The van der Waals surface area contributed by atoms with Crippen molar-refractivity contribution in [1.29, 1.82) is 0 Å². The molecule has 1 fully saturated rings. The zero-order chi connectivity index (χ0) is 23.2. The summed E-state index contributed by atoms with van der Waals surface area (Å²) in [5, 5.41) is 3.87. The van der Waals surface area contributed by atoms with Crippen molar-refractivity contribution in [3.63, 3.8) is 0 Å². The van der Waals surface area contributed by atoms with Crippen molar-refractivity contribution in [3.05, 3.63) is 59.9 Å². The fourth-order valence-electron chi connectivity index (χ4n) is 4.40. The average molecular weight is 456 g/mol. The fourth-order valence-corrected chi connectivity index (χ4v) is 4.40. The molecule has 1 aromatic carbocycles. The first-order valence-corrected chi connectivity index (χ1v) is 11.1. The lowest BCUT2D eigenvalue weighted by Gasteiger charge is -2.15. The maximum Gasteiger partial charge on any atom is 0.272 e. The van der Waals surface area contributed by atoms with Gasteiger partial charge in [0.05, 0.1) is 23.6 Å². The summed E-state index contributed by atoms with van der Waals surface area (Å²) in [6, 6.07) is 7.33. The van der Waals surface area contributed by atoms with E-state index in [1.54, 1.807) is 30.4 Å². The molecule has 34 heavy (non-hydrogen) atoms. The van der Waals surface area contributed by atoms with Crippen molar-refractivity contribution in [2.45, 2.75) is 19.4 Å². The Hall–Kier alpha value is -4.21. The molecular weight excluding hydrogens is 435 g/mol. The second-order valence-electron chi connectivity index (χ2n) is 8.55. The number of pyridine rings is 1. The number of amides is 1. The van der Waals surface area contributed by atoms with Gasteiger partial charge in [0, 0.05) is 49.4 Å². The van der Waals surface area contributed by atoms with Crippen LogP contribution >= 0.6 is 0 Å². The van der Waals surface area contributed by atoms with Crippen LogP contribution in [-0.4, -0.2) is 55.9 Å². The standard InChI is InChI=1S/C24H21FN8O/c1-32-13-16-9-17(11-26-21(16)22(32)34)29-23-27-12-18(25)20(31-23)14-4-5-19-15(8-14)10-28-24(30-19)33-6-2-3-7-33/h4-5,8-12H,2-3,6-7,13H2,1H3,(H,27,29,31). The Kier molecular flexibility index (Phi) is 4.79. The van der Waals surface area contributed by atoms with Gasteiger partial charge in [-0.3, -0.25) is 4.79 Å². The Morgan fingerprint density at radius 3 is 2.68 bits per heavy atom. The van der Waals surface area contributed by atoms with E-state index in [1.807, 2.05) is 18.2 Å². The van der Waals surface area contributed by atoms with E-state index in [0.29, 0.717) is 23.5 Å². The summed E-state index contributed by atoms with van der Waals surface area (Å²) < 4.78 is 14.7. The molecule has 170 valence electrons. The largest absolute Gasteiger partial charge is 0.341 e. The molecule has 9 nitrogen and oxygen atoms in total. The molecular formula is C24H21FN8O. The molecule has 4 aromatic rings. The first-order chi connectivity index (χ1) is 16.5. The number of fused-ring (bicyclic) bond motifs is 2. The van der Waals surface area contributed by atoms with Crippen LogP contribution in [0.3, 0.4) is 0 Å². The molecule has 0 bridgehead atoms. The second-order valence-corrected chi connectivity index (χ2v) is 8.55. The number of benzene rings is 1. The molecule has 2 aliphatic heterocycles. The number of carbonyl (C=O) groups excluding carboxylic acids is 1. The van der Waals surface area contributed by atoms with Gasteiger partial charge in [0.15, 0.2) is 5.82 Å². The molecule has 10 heteroatoms. The number of anilines is 3. The zero-order valence-electron chi connectivity index (χ0n) is 18.5. The predicted molar refractivity (Wildman–Crippen MR) is 125 cm³/mol. The van der Waals surface area contributed by atoms with Crippen molar-refractivity contribution in [1.82, 2.24) is 29.8 Å². The van der Waals surface area contributed by atoms with E-state index in [2.05, 4.69) is 35.1 Å². The van der Waals surface area contributed by atoms with Crippen LogP contribution in [-0.2, 0) is 6.54 Å². The Morgan fingerprint density at radius 1 is 0.971 bits per heavy atom. The molecule has 1 N–H and O–H groups in total. The monoisotopic (exact) mass is 456 g/mol. The number of carbonyl (C=O) groups is 1. The van der Waals surface area contributed by atoms with Crippen LogP contribution in [0.25, 0.3) is 22.2 Å². The highest BCUT2D eigenvalue weighted by Gasteiger charge is 2.26. The minimum Gasteiger partial charge on any atom is -0.341 e. The van der Waals surface area contributed by atoms with Crippen molar-refractivity contribution in [2.75, 3.05) is 30.4 Å². The number of nitrogens with one attached hydrogen (secondary N) is 1. The van der Waals surface area contributed by atoms with Crippen molar-refractivity contribution in [3.8, 4) is 11.3 Å². The van der Waals surface area contributed by atoms with Crippen LogP contribution in [0.1, 0.15) is 28.9 Å². The summed E-state index contributed by atoms with van der Waals surface area (Å²) in [5.74, 6) is 0.332. The lowest BCUT2D eigenvalue weighted by molar-refractivity contribution is 0.0812. The van der Waals surface area contributed by atoms with Crippen LogP contribution in [0.2, 0.25) is 0 Å². The van der Waals surface area contributed by atoms with Crippen molar-refractivity contribution in [2.24, 2.45) is 0 Å². The highest BCUT2D eigenvalue weighted by atomic mass is 19.1. The van der Waals surface area contributed by atoms with Crippen LogP contribution in [0.15, 0.2) is 42.9 Å². The molecule has 1 amide bonds. The van der Waals surface area contributed by atoms with E-state index >= 15 is 0 Å². The van der Waals surface area contributed by atoms with Gasteiger partial charge in [-0.2, -0.15) is 0 Å². The number of rotatable bonds is 4. The van der Waals surface area contributed by atoms with E-state index in [-0.39, 0.29) is 17.5 Å². The van der Waals surface area contributed by atoms with Crippen LogP contribution in [0.4, 0.5) is 22.0 Å². The lowest BCUT2D eigenvalue weighted by Crippen LogP contribution is -2.20. The molecule has 1 saturated heterocycles. The van der Waals surface area contributed by atoms with Crippen LogP contribution < -0.4 is 10.2 Å². The summed E-state index contributed by atoms with van der Waals surface area (Å²) >= 11 is 0. The minimum atomic E-state index is -0.529. The topological polar surface area (TPSA) is 100 Å².